The van der Waals surface area contributed by atoms with Crippen molar-refractivity contribution in [3.8, 4) is 0 Å². The molecule has 1 fully saturated rings. The van der Waals surface area contributed by atoms with Crippen LogP contribution in [0.25, 0.3) is 0 Å². The fourth-order valence-electron chi connectivity index (χ4n) is 3.55. The van der Waals surface area contributed by atoms with Crippen LogP contribution in [0.1, 0.15) is 48.5 Å². The first-order valence-electron chi connectivity index (χ1n) is 8.44. The Labute approximate surface area is 153 Å². The normalized spacial score (nSPS) is 22.4. The molecule has 1 atom stereocenters. The molecule has 4 nitrogen and oxygen atoms in total. The number of alkyl halides is 3. The van der Waals surface area contributed by atoms with Crippen molar-refractivity contribution in [3.63, 3.8) is 0 Å². The van der Waals surface area contributed by atoms with Gasteiger partial charge in [0, 0.05) is 10.6 Å². The third-order valence-corrected chi connectivity index (χ3v) is 4.90. The Kier molecular flexibility index (Phi) is 5.10. The number of carbonyl (C=O) groups excluding carboxylic acids is 2. The molecule has 0 aromatic heterocycles. The van der Waals surface area contributed by atoms with Gasteiger partial charge >= 0.3 is 6.18 Å². The van der Waals surface area contributed by atoms with Crippen molar-refractivity contribution in [2.45, 2.75) is 51.2 Å². The zero-order valence-corrected chi connectivity index (χ0v) is 14.9. The quantitative estimate of drug-likeness (QED) is 0.772. The van der Waals surface area contributed by atoms with E-state index in [1.165, 1.54) is 19.1 Å². The molecule has 1 aromatic carbocycles. The molecule has 1 heterocycles. The minimum Gasteiger partial charge on any atom is -0.342 e. The molecule has 0 radical (unpaired) electrons. The lowest BCUT2D eigenvalue weighted by atomic mass is 9.86. The lowest BCUT2D eigenvalue weighted by Crippen LogP contribution is -2.41. The third kappa shape index (κ3) is 3.92. The van der Waals surface area contributed by atoms with Gasteiger partial charge in [0.25, 0.3) is 0 Å². The number of fused-ring (bicyclic) bond motifs is 1. The molecule has 140 valence electrons. The maximum Gasteiger partial charge on any atom is 0.393 e. The molecule has 0 saturated heterocycles. The Morgan fingerprint density at radius 2 is 1.96 bits per heavy atom. The lowest BCUT2D eigenvalue weighted by molar-refractivity contribution is -0.127. The average molecular weight is 387 g/mol. The summed E-state index contributed by atoms with van der Waals surface area (Å²) in [6, 6.07) is 2.47. The van der Waals surface area contributed by atoms with Gasteiger partial charge in [-0.2, -0.15) is 13.2 Å². The highest BCUT2D eigenvalue weighted by Gasteiger charge is 2.39. The van der Waals surface area contributed by atoms with Crippen LogP contribution in [-0.2, 0) is 11.2 Å². The van der Waals surface area contributed by atoms with E-state index in [0.717, 1.165) is 25.7 Å². The number of aliphatic imine (C=N–C) groups is 1. The number of anilines is 1. The Morgan fingerprint density at radius 3 is 2.54 bits per heavy atom. The van der Waals surface area contributed by atoms with E-state index in [1.807, 2.05) is 0 Å². The Morgan fingerprint density at radius 1 is 1.31 bits per heavy atom. The minimum atomic E-state index is -4.45. The summed E-state index contributed by atoms with van der Waals surface area (Å²) in [5.41, 5.74) is -0.0808. The first-order chi connectivity index (χ1) is 12.2. The van der Waals surface area contributed by atoms with Gasteiger partial charge in [-0.1, -0.05) is 24.4 Å². The van der Waals surface area contributed by atoms with Crippen LogP contribution in [0.2, 0.25) is 5.02 Å². The van der Waals surface area contributed by atoms with Crippen LogP contribution in [0.4, 0.5) is 18.9 Å². The molecule has 0 bridgehead atoms. The molecule has 1 unspecified atom stereocenters. The summed E-state index contributed by atoms with van der Waals surface area (Å²) < 4.78 is 38.8. The molecule has 2 aliphatic rings. The first kappa shape index (κ1) is 18.9. The molecule has 26 heavy (non-hydrogen) atoms. The van der Waals surface area contributed by atoms with E-state index < -0.39 is 30.1 Å². The SMILES string of the molecule is CC(=O)C1C(=O)c2cc(Cl)cc(CC(F)(F)F)c2NC1=NC1CCCC1. The average Bonchev–Trinajstić information content (AvgIpc) is 2.99. The summed E-state index contributed by atoms with van der Waals surface area (Å²) in [6.07, 6.45) is -1.99. The van der Waals surface area contributed by atoms with E-state index in [9.17, 15) is 22.8 Å². The summed E-state index contributed by atoms with van der Waals surface area (Å²) >= 11 is 5.91. The number of ketones is 2. The van der Waals surface area contributed by atoms with E-state index >= 15 is 0 Å². The number of benzene rings is 1. The standard InChI is InChI=1S/C18H18ClF3N2O2/c1-9(25)14-16(26)13-7-11(19)6-10(8-18(20,21)22)15(13)24-17(14)23-12-4-2-3-5-12/h6-7,12,14H,2-5,8H2,1H3,(H,23,24). The predicted molar refractivity (Wildman–Crippen MR) is 93.0 cm³/mol. The molecule has 3 rings (SSSR count). The van der Waals surface area contributed by atoms with Crippen LogP contribution in [0, 0.1) is 5.92 Å². The zero-order chi connectivity index (χ0) is 19.1. The maximum absolute atomic E-state index is 12.9. The van der Waals surface area contributed by atoms with Gasteiger partial charge in [0.2, 0.25) is 0 Å². The Hall–Kier alpha value is -1.89. The molecule has 1 aliphatic heterocycles. The van der Waals surface area contributed by atoms with Crippen molar-refractivity contribution in [2.24, 2.45) is 10.9 Å². The van der Waals surface area contributed by atoms with Gasteiger partial charge in [-0.3, -0.25) is 14.6 Å². The molecule has 1 N–H and O–H groups in total. The fraction of sp³-hybridized carbons (Fsp3) is 0.500. The predicted octanol–water partition coefficient (Wildman–Crippen LogP) is 4.60. The molecule has 1 aromatic rings. The van der Waals surface area contributed by atoms with Gasteiger partial charge < -0.3 is 5.32 Å². The highest BCUT2D eigenvalue weighted by atomic mass is 35.5. The number of carbonyl (C=O) groups is 2. The van der Waals surface area contributed by atoms with E-state index in [-0.39, 0.29) is 33.7 Å². The highest BCUT2D eigenvalue weighted by molar-refractivity contribution is 6.35. The number of nitrogens with one attached hydrogen (secondary N) is 1. The van der Waals surface area contributed by atoms with Crippen LogP contribution < -0.4 is 5.32 Å². The number of hydrogen-bond acceptors (Lipinski definition) is 3. The fourth-order valence-corrected chi connectivity index (χ4v) is 3.80. The molecule has 8 heteroatoms. The third-order valence-electron chi connectivity index (χ3n) is 4.68. The van der Waals surface area contributed by atoms with Crippen LogP contribution in [0.5, 0.6) is 0 Å². The van der Waals surface area contributed by atoms with E-state index in [2.05, 4.69) is 10.3 Å². The van der Waals surface area contributed by atoms with Crippen molar-refractivity contribution < 1.29 is 22.8 Å². The lowest BCUT2D eigenvalue weighted by Gasteiger charge is -2.28. The second-order valence-corrected chi connectivity index (χ2v) is 7.20. The van der Waals surface area contributed by atoms with Crippen LogP contribution in [0.3, 0.4) is 0 Å². The van der Waals surface area contributed by atoms with Gasteiger partial charge in [0.05, 0.1) is 18.2 Å². The minimum absolute atomic E-state index is 0.00215. The number of hydrogen-bond donors (Lipinski definition) is 1. The Balaban J connectivity index is 2.09. The number of amidine groups is 1. The highest BCUT2D eigenvalue weighted by Crippen LogP contribution is 2.36. The van der Waals surface area contributed by atoms with Crippen molar-refractivity contribution in [2.75, 3.05) is 5.32 Å². The molecular weight excluding hydrogens is 369 g/mol. The molecule has 1 saturated carbocycles. The van der Waals surface area contributed by atoms with E-state index in [4.69, 9.17) is 11.6 Å². The molecule has 0 amide bonds. The van der Waals surface area contributed by atoms with Crippen molar-refractivity contribution >= 4 is 34.7 Å². The molecule has 0 spiro atoms. The van der Waals surface area contributed by atoms with Crippen molar-refractivity contribution in [1.29, 1.82) is 0 Å². The van der Waals surface area contributed by atoms with Gasteiger partial charge in [-0.15, -0.1) is 0 Å². The maximum atomic E-state index is 12.9. The second kappa shape index (κ2) is 7.02. The molecule has 1 aliphatic carbocycles. The first-order valence-corrected chi connectivity index (χ1v) is 8.82. The van der Waals surface area contributed by atoms with E-state index in [1.54, 1.807) is 0 Å². The van der Waals surface area contributed by atoms with Crippen LogP contribution in [-0.4, -0.2) is 29.6 Å². The van der Waals surface area contributed by atoms with Gasteiger partial charge in [0.1, 0.15) is 17.5 Å². The number of nitrogens with zero attached hydrogens (tertiary/aromatic N) is 1. The number of halogens is 4. The van der Waals surface area contributed by atoms with Gasteiger partial charge in [-0.25, -0.2) is 0 Å². The van der Waals surface area contributed by atoms with Crippen LogP contribution >= 0.6 is 11.6 Å². The number of rotatable bonds is 3. The zero-order valence-electron chi connectivity index (χ0n) is 14.1. The monoisotopic (exact) mass is 386 g/mol. The second-order valence-electron chi connectivity index (χ2n) is 6.76. The molecular formula is C18H18ClF3N2O2. The smallest absolute Gasteiger partial charge is 0.342 e. The van der Waals surface area contributed by atoms with Crippen LogP contribution in [0.15, 0.2) is 17.1 Å². The summed E-state index contributed by atoms with van der Waals surface area (Å²) in [5.74, 6) is -1.94. The van der Waals surface area contributed by atoms with Gasteiger partial charge in [-0.05, 0) is 37.5 Å². The summed E-state index contributed by atoms with van der Waals surface area (Å²) in [7, 11) is 0. The summed E-state index contributed by atoms with van der Waals surface area (Å²) in [5, 5.41) is 2.88. The summed E-state index contributed by atoms with van der Waals surface area (Å²) in [4.78, 5) is 29.4. The topological polar surface area (TPSA) is 58.5 Å². The summed E-state index contributed by atoms with van der Waals surface area (Å²) in [6.45, 7) is 1.28. The van der Waals surface area contributed by atoms with E-state index in [0.29, 0.717) is 0 Å². The number of Topliss-reactive ketones (excluding diaryl/α,β-unsaturated/α-hetero) is 2. The van der Waals surface area contributed by atoms with Crippen molar-refractivity contribution in [3.05, 3.63) is 28.3 Å². The largest absolute Gasteiger partial charge is 0.393 e. The van der Waals surface area contributed by atoms with Crippen molar-refractivity contribution in [1.82, 2.24) is 0 Å². The Bertz CT molecular complexity index is 783. The van der Waals surface area contributed by atoms with Gasteiger partial charge in [0.15, 0.2) is 5.78 Å².